The van der Waals surface area contributed by atoms with Crippen molar-refractivity contribution in [1.82, 2.24) is 10.2 Å². The van der Waals surface area contributed by atoms with Crippen LogP contribution in [0.4, 0.5) is 10.1 Å². The Bertz CT molecular complexity index is 827. The summed E-state index contributed by atoms with van der Waals surface area (Å²) in [6.07, 6.45) is 3.32. The number of anilines is 1. The van der Waals surface area contributed by atoms with Crippen molar-refractivity contribution in [3.8, 4) is 0 Å². The van der Waals surface area contributed by atoms with Crippen LogP contribution in [0.5, 0.6) is 0 Å². The van der Waals surface area contributed by atoms with Gasteiger partial charge in [-0.05, 0) is 37.5 Å². The predicted molar refractivity (Wildman–Crippen MR) is 93.9 cm³/mol. The van der Waals surface area contributed by atoms with Crippen molar-refractivity contribution in [2.24, 2.45) is 0 Å². The van der Waals surface area contributed by atoms with E-state index in [1.54, 1.807) is 4.90 Å². The number of piperidine rings is 2. The maximum absolute atomic E-state index is 14.3. The van der Waals surface area contributed by atoms with Crippen molar-refractivity contribution < 1.29 is 22.4 Å². The summed E-state index contributed by atoms with van der Waals surface area (Å²) < 4.78 is 37.3. The van der Waals surface area contributed by atoms with Gasteiger partial charge in [0, 0.05) is 31.8 Å². The molecule has 1 unspecified atom stereocenters. The summed E-state index contributed by atoms with van der Waals surface area (Å²) in [5.74, 6) is -0.927. The van der Waals surface area contributed by atoms with E-state index in [0.717, 1.165) is 18.7 Å². The molecular weight excluding hydrogens is 361 g/mol. The van der Waals surface area contributed by atoms with Gasteiger partial charge in [0.25, 0.3) is 0 Å². The van der Waals surface area contributed by atoms with Gasteiger partial charge in [0.1, 0.15) is 11.9 Å². The van der Waals surface area contributed by atoms with Gasteiger partial charge in [0.2, 0.25) is 11.8 Å². The first kappa shape index (κ1) is 18.6. The molecule has 0 bridgehead atoms. The van der Waals surface area contributed by atoms with Crippen molar-refractivity contribution in [1.29, 1.82) is 0 Å². The van der Waals surface area contributed by atoms with Gasteiger partial charge in [-0.2, -0.15) is 0 Å². The normalized spacial score (nSPS) is 24.3. The molecule has 26 heavy (non-hydrogen) atoms. The molecular formula is C17H22FN3O4S. The van der Waals surface area contributed by atoms with Crippen LogP contribution in [0.25, 0.3) is 0 Å². The van der Waals surface area contributed by atoms with Crippen molar-refractivity contribution in [2.75, 3.05) is 24.7 Å². The molecule has 2 saturated heterocycles. The lowest BCUT2D eigenvalue weighted by atomic mass is 9.97. The molecule has 2 amide bonds. The zero-order valence-electron chi connectivity index (χ0n) is 14.5. The SMILES string of the molecule is CS(=O)(=O)c1ccc(NC2CCCN([C@H]3CCNC(=O)C3)C2=O)c(F)c1. The molecule has 2 N–H and O–H groups in total. The Labute approximate surface area is 151 Å². The van der Waals surface area contributed by atoms with Gasteiger partial charge in [0.05, 0.1) is 10.6 Å². The Morgan fingerprint density at radius 2 is 2.04 bits per heavy atom. The lowest BCUT2D eigenvalue weighted by Gasteiger charge is -2.39. The largest absolute Gasteiger partial charge is 0.371 e. The number of benzene rings is 1. The van der Waals surface area contributed by atoms with Gasteiger partial charge < -0.3 is 15.5 Å². The molecule has 2 atom stereocenters. The van der Waals surface area contributed by atoms with Crippen molar-refractivity contribution in [3.05, 3.63) is 24.0 Å². The molecule has 3 rings (SSSR count). The lowest BCUT2D eigenvalue weighted by Crippen LogP contribution is -2.55. The Morgan fingerprint density at radius 1 is 1.27 bits per heavy atom. The average Bonchev–Trinajstić information content (AvgIpc) is 2.57. The first-order valence-electron chi connectivity index (χ1n) is 8.59. The van der Waals surface area contributed by atoms with Crippen LogP contribution in [0.3, 0.4) is 0 Å². The second-order valence-electron chi connectivity index (χ2n) is 6.78. The third-order valence-corrected chi connectivity index (χ3v) is 5.94. The molecule has 9 heteroatoms. The number of rotatable bonds is 4. The molecule has 0 saturated carbocycles. The van der Waals surface area contributed by atoms with Crippen LogP contribution in [0.1, 0.15) is 25.7 Å². The molecule has 2 heterocycles. The lowest BCUT2D eigenvalue weighted by molar-refractivity contribution is -0.139. The smallest absolute Gasteiger partial charge is 0.245 e. The maximum Gasteiger partial charge on any atom is 0.245 e. The van der Waals surface area contributed by atoms with Crippen LogP contribution >= 0.6 is 0 Å². The molecule has 0 aliphatic carbocycles. The van der Waals surface area contributed by atoms with E-state index in [0.29, 0.717) is 25.9 Å². The van der Waals surface area contributed by atoms with E-state index in [-0.39, 0.29) is 34.9 Å². The van der Waals surface area contributed by atoms with Gasteiger partial charge in [0.15, 0.2) is 9.84 Å². The highest BCUT2D eigenvalue weighted by molar-refractivity contribution is 7.90. The van der Waals surface area contributed by atoms with Crippen LogP contribution < -0.4 is 10.6 Å². The number of nitrogens with one attached hydrogen (secondary N) is 2. The number of likely N-dealkylation sites (tertiary alicyclic amines) is 1. The third-order valence-electron chi connectivity index (χ3n) is 4.83. The molecule has 2 aliphatic heterocycles. The summed E-state index contributed by atoms with van der Waals surface area (Å²) in [6.45, 7) is 1.14. The molecule has 1 aromatic carbocycles. The van der Waals surface area contributed by atoms with E-state index < -0.39 is 21.7 Å². The Morgan fingerprint density at radius 3 is 2.69 bits per heavy atom. The van der Waals surface area contributed by atoms with Crippen LogP contribution in [0.15, 0.2) is 23.1 Å². The molecule has 0 aromatic heterocycles. The van der Waals surface area contributed by atoms with Crippen LogP contribution in [0, 0.1) is 5.82 Å². The minimum atomic E-state index is -3.50. The first-order valence-corrected chi connectivity index (χ1v) is 10.5. The number of carbonyl (C=O) groups excluding carboxylic acids is 2. The number of amides is 2. The zero-order chi connectivity index (χ0) is 18.9. The summed E-state index contributed by atoms with van der Waals surface area (Å²) >= 11 is 0. The topological polar surface area (TPSA) is 95.6 Å². The van der Waals surface area contributed by atoms with Crippen molar-refractivity contribution >= 4 is 27.3 Å². The van der Waals surface area contributed by atoms with Crippen LogP contribution in [-0.2, 0) is 19.4 Å². The molecule has 0 spiro atoms. The molecule has 2 fully saturated rings. The fourth-order valence-electron chi connectivity index (χ4n) is 3.46. The number of halogens is 1. The summed E-state index contributed by atoms with van der Waals surface area (Å²) in [5, 5.41) is 5.65. The number of hydrogen-bond donors (Lipinski definition) is 2. The van der Waals surface area contributed by atoms with Crippen LogP contribution in [0.2, 0.25) is 0 Å². The highest BCUT2D eigenvalue weighted by atomic mass is 32.2. The fraction of sp³-hybridized carbons (Fsp3) is 0.529. The van der Waals surface area contributed by atoms with Crippen molar-refractivity contribution in [3.63, 3.8) is 0 Å². The van der Waals surface area contributed by atoms with Crippen molar-refractivity contribution in [2.45, 2.75) is 42.7 Å². The van der Waals surface area contributed by atoms with Gasteiger partial charge in [-0.3, -0.25) is 9.59 Å². The second kappa shape index (κ2) is 7.22. The second-order valence-corrected chi connectivity index (χ2v) is 8.80. The minimum Gasteiger partial charge on any atom is -0.371 e. The van der Waals surface area contributed by atoms with Crippen LogP contribution in [-0.4, -0.2) is 56.6 Å². The Balaban J connectivity index is 1.73. The van der Waals surface area contributed by atoms with E-state index in [1.165, 1.54) is 12.1 Å². The molecule has 7 nitrogen and oxygen atoms in total. The first-order chi connectivity index (χ1) is 12.3. The highest BCUT2D eigenvalue weighted by Gasteiger charge is 2.35. The third kappa shape index (κ3) is 3.98. The average molecular weight is 383 g/mol. The predicted octanol–water partition coefficient (Wildman–Crippen LogP) is 0.911. The summed E-state index contributed by atoms with van der Waals surface area (Å²) in [4.78, 5) is 26.0. The van der Waals surface area contributed by atoms with E-state index in [4.69, 9.17) is 0 Å². The Kier molecular flexibility index (Phi) is 5.17. The van der Waals surface area contributed by atoms with E-state index in [9.17, 15) is 22.4 Å². The fourth-order valence-corrected chi connectivity index (χ4v) is 4.09. The maximum atomic E-state index is 14.3. The van der Waals surface area contributed by atoms with Gasteiger partial charge >= 0.3 is 0 Å². The summed E-state index contributed by atoms with van der Waals surface area (Å²) in [7, 11) is -3.50. The molecule has 142 valence electrons. The quantitative estimate of drug-likeness (QED) is 0.806. The monoisotopic (exact) mass is 383 g/mol. The number of nitrogens with zero attached hydrogens (tertiary/aromatic N) is 1. The summed E-state index contributed by atoms with van der Waals surface area (Å²) in [5.41, 5.74) is 0.0963. The molecule has 1 aromatic rings. The Hall–Kier alpha value is -2.16. The number of sulfone groups is 1. The van der Waals surface area contributed by atoms with Gasteiger partial charge in [-0.1, -0.05) is 0 Å². The number of hydrogen-bond acceptors (Lipinski definition) is 5. The van der Waals surface area contributed by atoms with Gasteiger partial charge in [-0.15, -0.1) is 0 Å². The van der Waals surface area contributed by atoms with E-state index >= 15 is 0 Å². The minimum absolute atomic E-state index is 0.0634. The van der Waals surface area contributed by atoms with E-state index in [2.05, 4.69) is 10.6 Å². The zero-order valence-corrected chi connectivity index (χ0v) is 15.3. The van der Waals surface area contributed by atoms with E-state index in [1.807, 2.05) is 0 Å². The van der Waals surface area contributed by atoms with Gasteiger partial charge in [-0.25, -0.2) is 12.8 Å². The molecule has 0 radical (unpaired) electrons. The highest BCUT2D eigenvalue weighted by Crippen LogP contribution is 2.25. The standard InChI is InChI=1S/C17H22FN3O4S/c1-26(24,25)12-4-5-14(13(18)10-12)20-15-3-2-8-21(17(15)23)11-6-7-19-16(22)9-11/h4-5,10-11,15,20H,2-3,6-9H2,1H3,(H,19,22)/t11-,15?/m0/s1. The summed E-state index contributed by atoms with van der Waals surface area (Å²) in [6, 6.07) is 2.89. The number of carbonyl (C=O) groups is 2. The molecule has 2 aliphatic rings.